The summed E-state index contributed by atoms with van der Waals surface area (Å²) in [6, 6.07) is 11.2. The summed E-state index contributed by atoms with van der Waals surface area (Å²) in [6.45, 7) is 0.659. The third kappa shape index (κ3) is 3.89. The van der Waals surface area contributed by atoms with Gasteiger partial charge >= 0.3 is 0 Å². The number of hydrogen-bond acceptors (Lipinski definition) is 5. The van der Waals surface area contributed by atoms with Crippen LogP contribution >= 0.6 is 0 Å². The van der Waals surface area contributed by atoms with Crippen LogP contribution in [0.15, 0.2) is 42.5 Å². The molecular formula is C19H20N4O4. The topological polar surface area (TPSA) is 95.8 Å². The summed E-state index contributed by atoms with van der Waals surface area (Å²) in [5, 5.41) is 13.8. The highest BCUT2D eigenvalue weighted by atomic mass is 16.6. The SMILES string of the molecule is CN(C)c1ccc([N+](=O)[O-])cc1C(=O)Nc1cccc(N2CCCC2=O)c1. The number of nitro groups is 1. The number of hydrogen-bond donors (Lipinski definition) is 1. The minimum absolute atomic E-state index is 0.0621. The standard InChI is InChI=1S/C19H20N4O4/c1-21(2)17-9-8-15(23(26)27)12-16(17)19(25)20-13-5-3-6-14(11-13)22-10-4-7-18(22)24/h3,5-6,8-9,11-12H,4,7,10H2,1-2H3,(H,20,25). The summed E-state index contributed by atoms with van der Waals surface area (Å²) in [6.07, 6.45) is 1.34. The fourth-order valence-corrected chi connectivity index (χ4v) is 3.08. The molecule has 0 atom stereocenters. The number of rotatable bonds is 5. The van der Waals surface area contributed by atoms with Crippen LogP contribution in [-0.2, 0) is 4.79 Å². The average Bonchev–Trinajstić information content (AvgIpc) is 3.07. The summed E-state index contributed by atoms with van der Waals surface area (Å²) in [5.74, 6) is -0.389. The molecule has 2 aromatic carbocycles. The fraction of sp³-hybridized carbons (Fsp3) is 0.263. The molecule has 27 heavy (non-hydrogen) atoms. The molecule has 0 radical (unpaired) electrons. The van der Waals surface area contributed by atoms with Gasteiger partial charge in [-0.25, -0.2) is 0 Å². The number of non-ortho nitro benzene ring substituents is 1. The molecule has 0 spiro atoms. The zero-order chi connectivity index (χ0) is 19.6. The molecule has 8 nitrogen and oxygen atoms in total. The highest BCUT2D eigenvalue weighted by Crippen LogP contribution is 2.27. The third-order valence-electron chi connectivity index (χ3n) is 4.41. The van der Waals surface area contributed by atoms with Crippen LogP contribution in [0.4, 0.5) is 22.7 Å². The Kier molecular flexibility index (Phi) is 5.07. The molecule has 0 aromatic heterocycles. The van der Waals surface area contributed by atoms with Crippen LogP contribution in [0, 0.1) is 10.1 Å². The third-order valence-corrected chi connectivity index (χ3v) is 4.41. The van der Waals surface area contributed by atoms with Gasteiger partial charge in [0.2, 0.25) is 5.91 Å². The Bertz CT molecular complexity index is 910. The van der Waals surface area contributed by atoms with Crippen molar-refractivity contribution in [3.05, 3.63) is 58.1 Å². The number of carbonyl (C=O) groups excluding carboxylic acids is 2. The zero-order valence-corrected chi connectivity index (χ0v) is 15.1. The maximum atomic E-state index is 12.8. The second-order valence-electron chi connectivity index (χ2n) is 6.51. The number of nitro benzene ring substituents is 1. The number of amides is 2. The van der Waals surface area contributed by atoms with Crippen molar-refractivity contribution in [3.63, 3.8) is 0 Å². The predicted molar refractivity (Wildman–Crippen MR) is 103 cm³/mol. The van der Waals surface area contributed by atoms with E-state index in [2.05, 4.69) is 5.32 Å². The fourth-order valence-electron chi connectivity index (χ4n) is 3.08. The Hall–Kier alpha value is -3.42. The molecule has 0 unspecified atom stereocenters. The lowest BCUT2D eigenvalue weighted by Crippen LogP contribution is -2.24. The quantitative estimate of drug-likeness (QED) is 0.646. The first kappa shape index (κ1) is 18.4. The van der Waals surface area contributed by atoms with Gasteiger partial charge in [-0.2, -0.15) is 0 Å². The lowest BCUT2D eigenvalue weighted by Gasteiger charge is -2.18. The Morgan fingerprint density at radius 3 is 2.63 bits per heavy atom. The molecule has 1 fully saturated rings. The van der Waals surface area contributed by atoms with Gasteiger partial charge in [0.1, 0.15) is 0 Å². The van der Waals surface area contributed by atoms with Crippen molar-refractivity contribution in [1.82, 2.24) is 0 Å². The second-order valence-corrected chi connectivity index (χ2v) is 6.51. The van der Waals surface area contributed by atoms with E-state index in [1.807, 2.05) is 6.07 Å². The summed E-state index contributed by atoms with van der Waals surface area (Å²) >= 11 is 0. The van der Waals surface area contributed by atoms with Crippen molar-refractivity contribution >= 4 is 34.6 Å². The first-order chi connectivity index (χ1) is 12.9. The summed E-state index contributed by atoms with van der Waals surface area (Å²) in [5.41, 5.74) is 1.87. The van der Waals surface area contributed by atoms with E-state index >= 15 is 0 Å². The van der Waals surface area contributed by atoms with E-state index in [4.69, 9.17) is 0 Å². The molecular weight excluding hydrogens is 348 g/mol. The van der Waals surface area contributed by atoms with Gasteiger partial charge in [0.05, 0.1) is 10.5 Å². The molecule has 2 amide bonds. The molecule has 1 aliphatic rings. The average molecular weight is 368 g/mol. The monoisotopic (exact) mass is 368 g/mol. The molecule has 1 N–H and O–H groups in total. The molecule has 1 heterocycles. The van der Waals surface area contributed by atoms with Crippen molar-refractivity contribution in [2.45, 2.75) is 12.8 Å². The van der Waals surface area contributed by atoms with Crippen LogP contribution in [0.5, 0.6) is 0 Å². The van der Waals surface area contributed by atoms with E-state index in [1.54, 1.807) is 48.2 Å². The van der Waals surface area contributed by atoms with Crippen LogP contribution in [0.1, 0.15) is 23.2 Å². The lowest BCUT2D eigenvalue weighted by molar-refractivity contribution is -0.384. The van der Waals surface area contributed by atoms with Gasteiger partial charge < -0.3 is 15.1 Å². The zero-order valence-electron chi connectivity index (χ0n) is 15.1. The molecule has 0 aliphatic carbocycles. The Morgan fingerprint density at radius 1 is 1.22 bits per heavy atom. The van der Waals surface area contributed by atoms with Crippen LogP contribution in [0.3, 0.4) is 0 Å². The van der Waals surface area contributed by atoms with E-state index in [9.17, 15) is 19.7 Å². The van der Waals surface area contributed by atoms with Gasteiger partial charge in [-0.1, -0.05) is 6.07 Å². The van der Waals surface area contributed by atoms with Crippen molar-refractivity contribution in [3.8, 4) is 0 Å². The lowest BCUT2D eigenvalue weighted by atomic mass is 10.1. The number of benzene rings is 2. The first-order valence-electron chi connectivity index (χ1n) is 8.54. The van der Waals surface area contributed by atoms with Crippen molar-refractivity contribution in [1.29, 1.82) is 0 Å². The molecule has 1 saturated heterocycles. The van der Waals surface area contributed by atoms with Crippen LogP contribution < -0.4 is 15.1 Å². The molecule has 2 aromatic rings. The molecule has 0 saturated carbocycles. The molecule has 3 rings (SSSR count). The molecule has 0 bridgehead atoms. The van der Waals surface area contributed by atoms with E-state index in [-0.39, 0.29) is 17.2 Å². The van der Waals surface area contributed by atoms with Crippen molar-refractivity contribution in [2.24, 2.45) is 0 Å². The van der Waals surface area contributed by atoms with Gasteiger partial charge in [0.15, 0.2) is 0 Å². The van der Waals surface area contributed by atoms with E-state index < -0.39 is 10.8 Å². The summed E-state index contributed by atoms with van der Waals surface area (Å²) in [4.78, 5) is 38.6. The van der Waals surface area contributed by atoms with E-state index in [0.29, 0.717) is 24.3 Å². The highest BCUT2D eigenvalue weighted by molar-refractivity contribution is 6.09. The van der Waals surface area contributed by atoms with Gasteiger partial charge in [0, 0.05) is 56.3 Å². The van der Waals surface area contributed by atoms with Crippen LogP contribution in [0.25, 0.3) is 0 Å². The maximum Gasteiger partial charge on any atom is 0.270 e. The number of nitrogens with zero attached hydrogens (tertiary/aromatic N) is 3. The molecule has 140 valence electrons. The van der Waals surface area contributed by atoms with Gasteiger partial charge in [-0.3, -0.25) is 19.7 Å². The summed E-state index contributed by atoms with van der Waals surface area (Å²) < 4.78 is 0. The van der Waals surface area contributed by atoms with Gasteiger partial charge in [-0.15, -0.1) is 0 Å². The number of carbonyl (C=O) groups is 2. The van der Waals surface area contributed by atoms with Crippen molar-refractivity contribution < 1.29 is 14.5 Å². The van der Waals surface area contributed by atoms with E-state index in [1.165, 1.54) is 12.1 Å². The maximum absolute atomic E-state index is 12.8. The minimum atomic E-state index is -0.532. The molecule has 8 heteroatoms. The Morgan fingerprint density at radius 2 is 2.00 bits per heavy atom. The van der Waals surface area contributed by atoms with Gasteiger partial charge in [-0.05, 0) is 30.7 Å². The van der Waals surface area contributed by atoms with Crippen LogP contribution in [-0.4, -0.2) is 37.4 Å². The number of anilines is 3. The predicted octanol–water partition coefficient (Wildman–Crippen LogP) is 3.04. The normalized spacial score (nSPS) is 13.6. The smallest absolute Gasteiger partial charge is 0.270 e. The molecule has 1 aliphatic heterocycles. The first-order valence-corrected chi connectivity index (χ1v) is 8.54. The Labute approximate surface area is 156 Å². The van der Waals surface area contributed by atoms with E-state index in [0.717, 1.165) is 12.1 Å². The second kappa shape index (κ2) is 7.45. The summed E-state index contributed by atoms with van der Waals surface area (Å²) in [7, 11) is 3.52. The van der Waals surface area contributed by atoms with Gasteiger partial charge in [0.25, 0.3) is 11.6 Å². The van der Waals surface area contributed by atoms with Crippen molar-refractivity contribution in [2.75, 3.05) is 35.8 Å². The van der Waals surface area contributed by atoms with Crippen LogP contribution in [0.2, 0.25) is 0 Å². The minimum Gasteiger partial charge on any atom is -0.377 e. The highest BCUT2D eigenvalue weighted by Gasteiger charge is 2.22. The largest absolute Gasteiger partial charge is 0.377 e. The Balaban J connectivity index is 1.88. The number of nitrogens with one attached hydrogen (secondary N) is 1.